The molecule has 1 aromatic carbocycles. The van der Waals surface area contributed by atoms with Crippen LogP contribution in [-0.4, -0.2) is 30.4 Å². The first-order chi connectivity index (χ1) is 12.4. The predicted octanol–water partition coefficient (Wildman–Crippen LogP) is 4.00. The maximum absolute atomic E-state index is 12.3. The van der Waals surface area contributed by atoms with Crippen molar-refractivity contribution in [1.82, 2.24) is 4.90 Å². The molecule has 0 fully saturated rings. The topological polar surface area (TPSA) is 46.6 Å². The highest BCUT2D eigenvalue weighted by atomic mass is 32.1. The molecule has 0 bridgehead atoms. The standard InChI is InChI=1S/C21H25NO3S/c1-14-8-9-18-17(10-14)11-19(26-18)21(24)25-13-20(23)22(3)12-16-7-5-4-6-15(16)2/h4-7,11,14H,8-10,12-13H2,1-3H3/t14-/m1/s1. The van der Waals surface area contributed by atoms with Gasteiger partial charge in [-0.2, -0.15) is 0 Å². The number of aryl methyl sites for hydroxylation is 2. The summed E-state index contributed by atoms with van der Waals surface area (Å²) in [4.78, 5) is 28.1. The van der Waals surface area contributed by atoms with Gasteiger partial charge in [0, 0.05) is 18.5 Å². The molecule has 1 aliphatic carbocycles. The molecule has 0 N–H and O–H groups in total. The van der Waals surface area contributed by atoms with Crippen molar-refractivity contribution < 1.29 is 14.3 Å². The molecule has 1 amide bonds. The lowest BCUT2D eigenvalue weighted by Gasteiger charge is -2.18. The molecular weight excluding hydrogens is 346 g/mol. The molecule has 0 unspecified atom stereocenters. The third kappa shape index (κ3) is 4.33. The summed E-state index contributed by atoms with van der Waals surface area (Å²) in [5, 5.41) is 0. The Balaban J connectivity index is 1.54. The van der Waals surface area contributed by atoms with Gasteiger partial charge in [0.2, 0.25) is 0 Å². The number of carbonyl (C=O) groups excluding carboxylic acids is 2. The monoisotopic (exact) mass is 371 g/mol. The van der Waals surface area contributed by atoms with Crippen LogP contribution in [0, 0.1) is 12.8 Å². The van der Waals surface area contributed by atoms with Crippen molar-refractivity contribution in [2.75, 3.05) is 13.7 Å². The molecule has 3 rings (SSSR count). The molecule has 0 saturated carbocycles. The van der Waals surface area contributed by atoms with Gasteiger partial charge in [-0.25, -0.2) is 4.79 Å². The minimum absolute atomic E-state index is 0.198. The molecule has 1 heterocycles. The van der Waals surface area contributed by atoms with Gasteiger partial charge in [0.25, 0.3) is 5.91 Å². The van der Waals surface area contributed by atoms with Crippen LogP contribution in [-0.2, 0) is 28.9 Å². The number of hydrogen-bond donors (Lipinski definition) is 0. The second-order valence-corrected chi connectivity index (χ2v) is 8.30. The lowest BCUT2D eigenvalue weighted by atomic mass is 9.90. The largest absolute Gasteiger partial charge is 0.451 e. The smallest absolute Gasteiger partial charge is 0.348 e. The number of benzene rings is 1. The van der Waals surface area contributed by atoms with Crippen LogP contribution in [0.4, 0.5) is 0 Å². The minimum atomic E-state index is -0.394. The molecule has 4 nitrogen and oxygen atoms in total. The number of nitrogens with zero attached hydrogens (tertiary/aromatic N) is 1. The highest BCUT2D eigenvalue weighted by Gasteiger charge is 2.22. The molecule has 0 saturated heterocycles. The van der Waals surface area contributed by atoms with E-state index in [9.17, 15) is 9.59 Å². The summed E-state index contributed by atoms with van der Waals surface area (Å²) in [6.45, 7) is 4.54. The first kappa shape index (κ1) is 18.6. The zero-order chi connectivity index (χ0) is 18.7. The average Bonchev–Trinajstić information content (AvgIpc) is 3.04. The molecule has 0 spiro atoms. The van der Waals surface area contributed by atoms with E-state index < -0.39 is 5.97 Å². The van der Waals surface area contributed by atoms with Crippen molar-refractivity contribution in [3.63, 3.8) is 0 Å². The summed E-state index contributed by atoms with van der Waals surface area (Å²) in [6.07, 6.45) is 3.23. The first-order valence-corrected chi connectivity index (χ1v) is 9.83. The van der Waals surface area contributed by atoms with Crippen LogP contribution in [0.5, 0.6) is 0 Å². The fraction of sp³-hybridized carbons (Fsp3) is 0.429. The highest BCUT2D eigenvalue weighted by molar-refractivity contribution is 7.14. The fourth-order valence-electron chi connectivity index (χ4n) is 3.25. The number of amides is 1. The van der Waals surface area contributed by atoms with Gasteiger partial charge in [-0.05, 0) is 54.9 Å². The highest BCUT2D eigenvalue weighted by Crippen LogP contribution is 2.32. The summed E-state index contributed by atoms with van der Waals surface area (Å²) in [5.74, 6) is 0.0730. The predicted molar refractivity (Wildman–Crippen MR) is 103 cm³/mol. The van der Waals surface area contributed by atoms with Crippen LogP contribution >= 0.6 is 11.3 Å². The lowest BCUT2D eigenvalue weighted by molar-refractivity contribution is -0.133. The van der Waals surface area contributed by atoms with Crippen LogP contribution in [0.25, 0.3) is 0 Å². The number of carbonyl (C=O) groups is 2. The van der Waals surface area contributed by atoms with Crippen LogP contribution in [0.3, 0.4) is 0 Å². The van der Waals surface area contributed by atoms with Crippen molar-refractivity contribution in [1.29, 1.82) is 0 Å². The number of ether oxygens (including phenoxy) is 1. The quantitative estimate of drug-likeness (QED) is 0.747. The van der Waals surface area contributed by atoms with Gasteiger partial charge in [-0.3, -0.25) is 4.79 Å². The molecule has 1 aromatic heterocycles. The molecule has 0 radical (unpaired) electrons. The Morgan fingerprint density at radius 3 is 2.85 bits per heavy atom. The van der Waals surface area contributed by atoms with Crippen molar-refractivity contribution in [3.8, 4) is 0 Å². The van der Waals surface area contributed by atoms with Gasteiger partial charge in [-0.1, -0.05) is 31.2 Å². The Bertz CT molecular complexity index is 811. The Labute approximate surface area is 158 Å². The Kier molecular flexibility index (Phi) is 5.77. The number of thiophene rings is 1. The molecule has 26 heavy (non-hydrogen) atoms. The fourth-order valence-corrected chi connectivity index (χ4v) is 4.35. The zero-order valence-corrected chi connectivity index (χ0v) is 16.4. The van der Waals surface area contributed by atoms with E-state index in [-0.39, 0.29) is 12.5 Å². The number of likely N-dealkylation sites (N-methyl/N-ethyl adjacent to an activating group) is 1. The second-order valence-electron chi connectivity index (χ2n) is 7.16. The van der Waals surface area contributed by atoms with Gasteiger partial charge in [-0.15, -0.1) is 11.3 Å². The van der Waals surface area contributed by atoms with E-state index >= 15 is 0 Å². The molecule has 2 aromatic rings. The summed E-state index contributed by atoms with van der Waals surface area (Å²) < 4.78 is 5.26. The average molecular weight is 372 g/mol. The van der Waals surface area contributed by atoms with Crippen molar-refractivity contribution in [3.05, 3.63) is 56.8 Å². The number of esters is 1. The number of hydrogen-bond acceptors (Lipinski definition) is 4. The Hall–Kier alpha value is -2.14. The molecule has 138 valence electrons. The van der Waals surface area contributed by atoms with Crippen LogP contribution in [0.15, 0.2) is 30.3 Å². The van der Waals surface area contributed by atoms with E-state index in [1.807, 2.05) is 37.3 Å². The van der Waals surface area contributed by atoms with E-state index in [4.69, 9.17) is 4.74 Å². The summed E-state index contributed by atoms with van der Waals surface area (Å²) in [6, 6.07) is 9.90. The molecule has 5 heteroatoms. The third-order valence-electron chi connectivity index (χ3n) is 4.95. The van der Waals surface area contributed by atoms with Crippen LogP contribution < -0.4 is 0 Å². The minimum Gasteiger partial charge on any atom is -0.451 e. The summed E-state index contributed by atoms with van der Waals surface area (Å²) in [5.41, 5.74) is 3.50. The lowest BCUT2D eigenvalue weighted by Crippen LogP contribution is -2.31. The van der Waals surface area contributed by atoms with Gasteiger partial charge in [0.05, 0.1) is 0 Å². The van der Waals surface area contributed by atoms with Gasteiger partial charge < -0.3 is 9.64 Å². The SMILES string of the molecule is Cc1ccccc1CN(C)C(=O)COC(=O)c1cc2c(s1)CC[C@@H](C)C2. The third-order valence-corrected chi connectivity index (χ3v) is 6.17. The van der Waals surface area contributed by atoms with E-state index in [1.54, 1.807) is 11.9 Å². The number of fused-ring (bicyclic) bond motifs is 1. The normalized spacial score (nSPS) is 16.0. The molecule has 0 aliphatic heterocycles. The maximum atomic E-state index is 12.3. The summed E-state index contributed by atoms with van der Waals surface area (Å²) >= 11 is 1.51. The maximum Gasteiger partial charge on any atom is 0.348 e. The second kappa shape index (κ2) is 8.04. The van der Waals surface area contributed by atoms with Crippen LogP contribution in [0.2, 0.25) is 0 Å². The van der Waals surface area contributed by atoms with E-state index in [0.717, 1.165) is 24.0 Å². The van der Waals surface area contributed by atoms with Gasteiger partial charge in [0.15, 0.2) is 6.61 Å². The van der Waals surface area contributed by atoms with Crippen molar-refractivity contribution in [2.45, 2.75) is 39.7 Å². The molecule has 1 aliphatic rings. The van der Waals surface area contributed by atoms with E-state index in [0.29, 0.717) is 17.3 Å². The van der Waals surface area contributed by atoms with Gasteiger partial charge in [0.1, 0.15) is 4.88 Å². The summed E-state index contributed by atoms with van der Waals surface area (Å²) in [7, 11) is 1.73. The number of rotatable bonds is 5. The Morgan fingerprint density at radius 2 is 2.08 bits per heavy atom. The van der Waals surface area contributed by atoms with E-state index in [2.05, 4.69) is 6.92 Å². The van der Waals surface area contributed by atoms with Crippen LogP contribution in [0.1, 0.15) is 44.6 Å². The first-order valence-electron chi connectivity index (χ1n) is 9.01. The molecule has 1 atom stereocenters. The molecular formula is C21H25NO3S. The zero-order valence-electron chi connectivity index (χ0n) is 15.6. The Morgan fingerprint density at radius 1 is 1.31 bits per heavy atom. The van der Waals surface area contributed by atoms with Crippen molar-refractivity contribution >= 4 is 23.2 Å². The van der Waals surface area contributed by atoms with Gasteiger partial charge >= 0.3 is 5.97 Å². The van der Waals surface area contributed by atoms with E-state index in [1.165, 1.54) is 28.2 Å². The van der Waals surface area contributed by atoms with Crippen molar-refractivity contribution in [2.24, 2.45) is 5.92 Å².